The molecule has 3 amide bonds. The number of nitrogens with one attached hydrogen (secondary N) is 5. The number of amides is 3. The van der Waals surface area contributed by atoms with Gasteiger partial charge in [-0.1, -0.05) is 27.7 Å². The fourth-order valence-corrected chi connectivity index (χ4v) is 6.82. The number of nitrogens with two attached hydrogens (primary N) is 3. The first-order valence-electron chi connectivity index (χ1n) is 21.3. The Labute approximate surface area is 378 Å². The quantitative estimate of drug-likeness (QED) is 0.0824. The van der Waals surface area contributed by atoms with Gasteiger partial charge in [0.25, 0.3) is 11.8 Å². The number of nitrogens with zero attached hydrogens (tertiary/aromatic N) is 6. The highest BCUT2D eigenvalue weighted by molar-refractivity contribution is 5.98. The molecule has 352 valence electrons. The molecule has 0 radical (unpaired) electrons. The van der Waals surface area contributed by atoms with Crippen LogP contribution in [0.25, 0.3) is 0 Å². The molecule has 65 heavy (non-hydrogen) atoms. The maximum Gasteiger partial charge on any atom is 0.408 e. The van der Waals surface area contributed by atoms with Gasteiger partial charge >= 0.3 is 6.09 Å². The van der Waals surface area contributed by atoms with E-state index in [2.05, 4.69) is 56.9 Å². The van der Waals surface area contributed by atoms with Crippen molar-refractivity contribution in [2.45, 2.75) is 103 Å². The fourth-order valence-electron chi connectivity index (χ4n) is 6.82. The molecule has 0 aromatic carbocycles. The number of pyridine rings is 2. The number of alkyl carbamates (subject to hydrolysis) is 1. The third-order valence-corrected chi connectivity index (χ3v) is 10.0. The Morgan fingerprint density at radius 3 is 1.57 bits per heavy atom. The second kappa shape index (κ2) is 22.3. The highest BCUT2D eigenvalue weighted by atomic mass is 16.6. The maximum atomic E-state index is 12.3. The van der Waals surface area contributed by atoms with Crippen LogP contribution in [0.5, 0.6) is 11.5 Å². The monoisotopic (exact) mass is 902 g/mol. The molecule has 6 rings (SSSR count). The van der Waals surface area contributed by atoms with Gasteiger partial charge in [-0.25, -0.2) is 14.8 Å². The van der Waals surface area contributed by atoms with E-state index in [4.69, 9.17) is 40.9 Å². The minimum absolute atomic E-state index is 0.00279. The molecular formula is C43H62N14O8. The lowest BCUT2D eigenvalue weighted by molar-refractivity contribution is 0.0317. The topological polar surface area (TPSA) is 313 Å². The van der Waals surface area contributed by atoms with Gasteiger partial charge in [-0.15, -0.1) is 20.4 Å². The molecule has 2 aliphatic heterocycles. The van der Waals surface area contributed by atoms with Crippen LogP contribution in [0.3, 0.4) is 0 Å². The normalized spacial score (nSPS) is 18.4. The molecule has 6 heterocycles. The Balaban J connectivity index is 0.000000250. The van der Waals surface area contributed by atoms with E-state index >= 15 is 0 Å². The molecule has 22 heteroatoms. The lowest BCUT2D eigenvalue weighted by Crippen LogP contribution is -2.53. The van der Waals surface area contributed by atoms with Crippen LogP contribution in [0.1, 0.15) is 106 Å². The van der Waals surface area contributed by atoms with E-state index in [1.807, 2.05) is 33.8 Å². The van der Waals surface area contributed by atoms with Gasteiger partial charge in [-0.3, -0.25) is 9.59 Å². The van der Waals surface area contributed by atoms with Crippen LogP contribution in [-0.4, -0.2) is 119 Å². The van der Waals surface area contributed by atoms with Crippen LogP contribution < -0.4 is 53.3 Å². The van der Waals surface area contributed by atoms with Gasteiger partial charge in [0.15, 0.2) is 23.0 Å². The van der Waals surface area contributed by atoms with Gasteiger partial charge < -0.3 is 67.5 Å². The highest BCUT2D eigenvalue weighted by Gasteiger charge is 2.30. The van der Waals surface area contributed by atoms with Crippen LogP contribution in [0, 0.1) is 0 Å². The van der Waals surface area contributed by atoms with Crippen molar-refractivity contribution in [2.75, 3.05) is 61.9 Å². The Morgan fingerprint density at radius 1 is 0.677 bits per heavy atom. The molecule has 0 aliphatic carbocycles. The van der Waals surface area contributed by atoms with Crippen LogP contribution in [0.4, 0.5) is 39.4 Å². The lowest BCUT2D eigenvalue weighted by atomic mass is 10.0. The Bertz CT molecular complexity index is 2270. The number of anilines is 6. The number of primary amides is 2. The second-order valence-corrected chi connectivity index (χ2v) is 17.0. The minimum atomic E-state index is -0.732. The van der Waals surface area contributed by atoms with Crippen LogP contribution in [0.15, 0.2) is 36.4 Å². The highest BCUT2D eigenvalue weighted by Crippen LogP contribution is 2.30. The zero-order valence-corrected chi connectivity index (χ0v) is 38.4. The average Bonchev–Trinajstić information content (AvgIpc) is 3.24. The summed E-state index contributed by atoms with van der Waals surface area (Å²) in [6.45, 7) is 15.4. The van der Waals surface area contributed by atoms with E-state index in [1.165, 1.54) is 0 Å². The predicted octanol–water partition coefficient (Wildman–Crippen LogP) is 4.31. The Hall–Kier alpha value is -6.65. The summed E-state index contributed by atoms with van der Waals surface area (Å²) in [5.41, 5.74) is 18.8. The third kappa shape index (κ3) is 13.9. The minimum Gasteiger partial charge on any atom is -0.495 e. The zero-order valence-electron chi connectivity index (χ0n) is 38.4. The van der Waals surface area contributed by atoms with Crippen molar-refractivity contribution in [3.63, 3.8) is 0 Å². The summed E-state index contributed by atoms with van der Waals surface area (Å²) in [7, 11) is 3.19. The number of ether oxygens (including phenoxy) is 5. The van der Waals surface area contributed by atoms with E-state index < -0.39 is 23.5 Å². The number of carbonyl (C=O) groups is 3. The molecule has 0 saturated carbocycles. The summed E-state index contributed by atoms with van der Waals surface area (Å²) >= 11 is 0. The van der Waals surface area contributed by atoms with Crippen molar-refractivity contribution in [3.05, 3.63) is 59.2 Å². The van der Waals surface area contributed by atoms with Gasteiger partial charge in [0.2, 0.25) is 0 Å². The first-order valence-corrected chi connectivity index (χ1v) is 21.3. The first-order chi connectivity index (χ1) is 30.8. The smallest absolute Gasteiger partial charge is 0.408 e. The number of carbonyl (C=O) groups excluding carboxylic acids is 3. The first kappa shape index (κ1) is 49.4. The van der Waals surface area contributed by atoms with Gasteiger partial charge in [0.1, 0.15) is 28.7 Å². The van der Waals surface area contributed by atoms with Gasteiger partial charge in [0, 0.05) is 37.4 Å². The largest absolute Gasteiger partial charge is 0.495 e. The standard InChI is InChI=1S/C24H35N7O5.C19H27N7O3/c1-13(2)20-17(34-6)7-8-18(29-20)27-15-11-19(30-31-21(15)22(25)32)26-14-9-10-35-12-16(14)28-23(33)36-24(3,4)5;1-10(2)17-14(28-3)4-5-15(24-17)23-13-8-16(25-26-18(13)19(21)27)22-12-6-7-29-9-11(12)20/h7-8,11,13-14,16H,9-10,12H2,1-6H3,(H2,25,32)(H,28,33)(H2,26,27,29,30);4-5,8,10-12H,6-7,9,20H2,1-3H3,(H2,21,27)(H2,22,23,24,25)/t14-,16+;11-,12+/m10/s1. The summed E-state index contributed by atoms with van der Waals surface area (Å²) in [4.78, 5) is 45.4. The van der Waals surface area contributed by atoms with Crippen molar-refractivity contribution in [1.82, 2.24) is 35.7 Å². The molecule has 2 fully saturated rings. The molecule has 2 aliphatic rings. The van der Waals surface area contributed by atoms with Crippen molar-refractivity contribution in [3.8, 4) is 11.5 Å². The molecule has 4 aromatic heterocycles. The van der Waals surface area contributed by atoms with Gasteiger partial charge in [-0.2, -0.15) is 0 Å². The molecule has 0 spiro atoms. The molecule has 2 saturated heterocycles. The predicted molar refractivity (Wildman–Crippen MR) is 244 cm³/mol. The second-order valence-electron chi connectivity index (χ2n) is 17.0. The van der Waals surface area contributed by atoms with Gasteiger partial charge in [0.05, 0.1) is 62.3 Å². The number of methoxy groups -OCH3 is 2. The Morgan fingerprint density at radius 2 is 1.14 bits per heavy atom. The average molecular weight is 903 g/mol. The molecule has 0 unspecified atom stereocenters. The number of rotatable bonds is 15. The van der Waals surface area contributed by atoms with Crippen molar-refractivity contribution < 1.29 is 38.1 Å². The van der Waals surface area contributed by atoms with Crippen molar-refractivity contribution in [1.29, 1.82) is 0 Å². The lowest BCUT2D eigenvalue weighted by Gasteiger charge is -2.33. The summed E-state index contributed by atoms with van der Waals surface area (Å²) in [6, 6.07) is 9.70. The molecule has 4 aromatic rings. The van der Waals surface area contributed by atoms with Gasteiger partial charge in [-0.05, 0) is 69.7 Å². The number of aromatic nitrogens is 6. The summed E-state index contributed by atoms with van der Waals surface area (Å²) < 4.78 is 27.0. The summed E-state index contributed by atoms with van der Waals surface area (Å²) in [6.07, 6.45) is 0.829. The molecule has 11 N–H and O–H groups in total. The number of hydrogen-bond donors (Lipinski definition) is 8. The molecule has 22 nitrogen and oxygen atoms in total. The maximum absolute atomic E-state index is 12.3. The third-order valence-electron chi connectivity index (χ3n) is 10.0. The molecule has 0 bridgehead atoms. The SMILES string of the molecule is COc1ccc(Nc2cc(N[C@@H]3CCOC[C@@H]3N)nnc2C(N)=O)nc1C(C)C.COc1ccc(Nc2cc(N[C@@H]3CCOC[C@@H]3NC(=O)OC(C)(C)C)nnc2C(N)=O)nc1C(C)C. The van der Waals surface area contributed by atoms with Crippen molar-refractivity contribution in [2.24, 2.45) is 17.2 Å². The summed E-state index contributed by atoms with van der Waals surface area (Å²) in [5.74, 6) is 2.14. The van der Waals surface area contributed by atoms with E-state index in [9.17, 15) is 14.4 Å². The van der Waals surface area contributed by atoms with E-state index in [0.29, 0.717) is 79.0 Å². The zero-order chi connectivity index (χ0) is 47.4. The number of hydrogen-bond acceptors (Lipinski definition) is 19. The molecular weight excluding hydrogens is 841 g/mol. The molecule has 4 atom stereocenters. The van der Waals surface area contributed by atoms with Crippen molar-refractivity contribution >= 4 is 52.6 Å². The Kier molecular flexibility index (Phi) is 16.9. The van der Waals surface area contributed by atoms with Crippen LogP contribution >= 0.6 is 0 Å². The van der Waals surface area contributed by atoms with Crippen LogP contribution in [0.2, 0.25) is 0 Å². The summed E-state index contributed by atoms with van der Waals surface area (Å²) in [5, 5.41) is 31.8. The fraction of sp³-hybridized carbons (Fsp3) is 0.512. The van der Waals surface area contributed by atoms with E-state index in [1.54, 1.807) is 65.3 Å². The van der Waals surface area contributed by atoms with E-state index in [-0.39, 0.29) is 47.4 Å². The van der Waals surface area contributed by atoms with E-state index in [0.717, 1.165) is 17.8 Å². The van der Waals surface area contributed by atoms with Crippen LogP contribution in [-0.2, 0) is 14.2 Å².